The summed E-state index contributed by atoms with van der Waals surface area (Å²) in [5, 5.41) is 20.0. The molecule has 172 valence electrons. The topological polar surface area (TPSA) is 47.6 Å². The third-order valence-electron chi connectivity index (χ3n) is 7.41. The number of benzene rings is 4. The standard InChI is InChI=1S/C33H26N2Si/c1-3-33(29-20-16-25(23-35)17-21-29)31(27-12-8-5-9-13-27)30(26-10-6-4-7-11-26)32(36(33)2)28-18-14-24(22-34)15-19-28/h4-21H,3H2,1-2H3. The van der Waals surface area contributed by atoms with Gasteiger partial charge in [0, 0.05) is 13.4 Å². The lowest BCUT2D eigenvalue weighted by Gasteiger charge is -2.35. The van der Waals surface area contributed by atoms with Gasteiger partial charge in [-0.2, -0.15) is 10.5 Å². The van der Waals surface area contributed by atoms with Gasteiger partial charge in [-0.05, 0) is 69.3 Å². The minimum absolute atomic E-state index is 0.186. The molecule has 1 aliphatic heterocycles. The zero-order chi connectivity index (χ0) is 25.1. The van der Waals surface area contributed by atoms with Crippen LogP contribution in [0.5, 0.6) is 0 Å². The summed E-state index contributed by atoms with van der Waals surface area (Å²) in [5.41, 5.74) is 8.89. The maximum Gasteiger partial charge on any atom is 0.0991 e. The van der Waals surface area contributed by atoms with Crippen LogP contribution in [0.3, 0.4) is 0 Å². The van der Waals surface area contributed by atoms with Crippen molar-refractivity contribution in [1.82, 2.24) is 0 Å². The van der Waals surface area contributed by atoms with Crippen molar-refractivity contribution in [3.8, 4) is 12.1 Å². The molecule has 1 heterocycles. The number of nitriles is 2. The molecule has 5 rings (SSSR count). The third-order valence-corrected chi connectivity index (χ3v) is 10.9. The Bertz CT molecular complexity index is 1550. The zero-order valence-corrected chi connectivity index (χ0v) is 21.5. The molecule has 2 nitrogen and oxygen atoms in total. The molecule has 3 heteroatoms. The van der Waals surface area contributed by atoms with Crippen molar-refractivity contribution < 1.29 is 0 Å². The van der Waals surface area contributed by atoms with E-state index in [9.17, 15) is 10.5 Å². The Morgan fingerprint density at radius 2 is 1.14 bits per heavy atom. The maximum absolute atomic E-state index is 9.44. The first-order valence-electron chi connectivity index (χ1n) is 12.2. The van der Waals surface area contributed by atoms with Crippen LogP contribution in [0.25, 0.3) is 11.1 Å². The van der Waals surface area contributed by atoms with E-state index in [2.05, 4.69) is 111 Å². The van der Waals surface area contributed by atoms with Gasteiger partial charge < -0.3 is 0 Å². The van der Waals surface area contributed by atoms with E-state index in [0.29, 0.717) is 11.1 Å². The third kappa shape index (κ3) is 3.75. The van der Waals surface area contributed by atoms with Gasteiger partial charge in [0.1, 0.15) is 0 Å². The van der Waals surface area contributed by atoms with Crippen molar-refractivity contribution in [3.05, 3.63) is 143 Å². The van der Waals surface area contributed by atoms with Gasteiger partial charge >= 0.3 is 0 Å². The average molecular weight is 479 g/mol. The second-order valence-corrected chi connectivity index (χ2v) is 11.7. The minimum atomic E-state index is -1.20. The number of hydrogen-bond acceptors (Lipinski definition) is 2. The number of rotatable bonds is 5. The van der Waals surface area contributed by atoms with Gasteiger partial charge in [0.2, 0.25) is 0 Å². The molecule has 0 N–H and O–H groups in total. The smallest absolute Gasteiger partial charge is 0.0991 e. The van der Waals surface area contributed by atoms with Crippen molar-refractivity contribution in [2.24, 2.45) is 0 Å². The zero-order valence-electron chi connectivity index (χ0n) is 20.5. The lowest BCUT2D eigenvalue weighted by atomic mass is 9.78. The molecule has 4 aromatic carbocycles. The predicted molar refractivity (Wildman–Crippen MR) is 150 cm³/mol. The van der Waals surface area contributed by atoms with Crippen LogP contribution < -0.4 is 0 Å². The summed E-state index contributed by atoms with van der Waals surface area (Å²) in [6.07, 6.45) is 0.948. The summed E-state index contributed by atoms with van der Waals surface area (Å²) in [7, 11) is -1.20. The highest BCUT2D eigenvalue weighted by Crippen LogP contribution is 2.51. The molecular formula is C33H26N2Si. The predicted octanol–water partition coefficient (Wildman–Crippen LogP) is 7.17. The van der Waals surface area contributed by atoms with Crippen LogP contribution in [0.4, 0.5) is 0 Å². The van der Waals surface area contributed by atoms with Gasteiger partial charge in [-0.15, -0.1) is 0 Å². The Balaban J connectivity index is 1.92. The normalized spacial score (nSPS) is 17.1. The van der Waals surface area contributed by atoms with Crippen LogP contribution in [-0.2, 0) is 5.04 Å². The van der Waals surface area contributed by atoms with Crippen LogP contribution in [0.15, 0.2) is 109 Å². The molecule has 0 spiro atoms. The van der Waals surface area contributed by atoms with Gasteiger partial charge in [-0.3, -0.25) is 0 Å². The summed E-state index contributed by atoms with van der Waals surface area (Å²) < 4.78 is 0. The first-order valence-corrected chi connectivity index (χ1v) is 14.2. The van der Waals surface area contributed by atoms with Crippen LogP contribution in [-0.4, -0.2) is 13.6 Å². The van der Waals surface area contributed by atoms with Crippen molar-refractivity contribution >= 4 is 24.7 Å². The van der Waals surface area contributed by atoms with Crippen molar-refractivity contribution in [1.29, 1.82) is 10.5 Å². The highest BCUT2D eigenvalue weighted by atomic mass is 28.2. The molecule has 1 atom stereocenters. The minimum Gasteiger partial charge on any atom is -0.192 e. The Hall–Kier alpha value is -4.31. The number of hydrogen-bond donors (Lipinski definition) is 0. The van der Waals surface area contributed by atoms with Crippen molar-refractivity contribution in [3.63, 3.8) is 0 Å². The summed E-state index contributed by atoms with van der Waals surface area (Å²) in [5.74, 6) is 0. The van der Waals surface area contributed by atoms with Crippen molar-refractivity contribution in [2.45, 2.75) is 24.9 Å². The molecule has 1 unspecified atom stereocenters. The molecule has 36 heavy (non-hydrogen) atoms. The van der Waals surface area contributed by atoms with E-state index in [1.807, 2.05) is 24.3 Å². The Morgan fingerprint density at radius 1 is 0.639 bits per heavy atom. The van der Waals surface area contributed by atoms with E-state index >= 15 is 0 Å². The van der Waals surface area contributed by atoms with Gasteiger partial charge in [0.15, 0.2) is 0 Å². The molecule has 0 radical (unpaired) electrons. The molecule has 0 aromatic heterocycles. The molecule has 0 fully saturated rings. The summed E-state index contributed by atoms with van der Waals surface area (Å²) in [6.45, 7) is 4.72. The Labute approximate surface area is 214 Å². The molecule has 0 amide bonds. The second-order valence-electron chi connectivity index (χ2n) is 9.12. The van der Waals surface area contributed by atoms with E-state index in [1.165, 1.54) is 38.6 Å². The highest BCUT2D eigenvalue weighted by Gasteiger charge is 2.46. The van der Waals surface area contributed by atoms with E-state index in [1.54, 1.807) is 0 Å². The largest absolute Gasteiger partial charge is 0.192 e. The van der Waals surface area contributed by atoms with E-state index in [0.717, 1.165) is 6.42 Å². The fraction of sp³-hybridized carbons (Fsp3) is 0.121. The summed E-state index contributed by atoms with van der Waals surface area (Å²) in [4.78, 5) is 0. The van der Waals surface area contributed by atoms with Crippen LogP contribution >= 0.6 is 0 Å². The van der Waals surface area contributed by atoms with E-state index in [4.69, 9.17) is 0 Å². The monoisotopic (exact) mass is 478 g/mol. The van der Waals surface area contributed by atoms with E-state index < -0.39 is 8.41 Å². The Kier molecular flexibility index (Phi) is 6.34. The molecule has 0 saturated heterocycles. The van der Waals surface area contributed by atoms with Gasteiger partial charge in [0.25, 0.3) is 0 Å². The first-order chi connectivity index (χ1) is 17.6. The molecule has 4 aromatic rings. The molecule has 0 saturated carbocycles. The lowest BCUT2D eigenvalue weighted by Crippen LogP contribution is -2.36. The quantitative estimate of drug-likeness (QED) is 0.286. The van der Waals surface area contributed by atoms with E-state index in [-0.39, 0.29) is 5.04 Å². The van der Waals surface area contributed by atoms with Crippen LogP contribution in [0.1, 0.15) is 46.7 Å². The number of nitrogens with zero attached hydrogens (tertiary/aromatic N) is 2. The lowest BCUT2D eigenvalue weighted by molar-refractivity contribution is 0.732. The number of allylic oxidation sites excluding steroid dienone is 2. The molecule has 0 aliphatic carbocycles. The summed E-state index contributed by atoms with van der Waals surface area (Å²) in [6, 6.07) is 42.3. The molecule has 1 aliphatic rings. The van der Waals surface area contributed by atoms with Crippen LogP contribution in [0, 0.1) is 22.7 Å². The van der Waals surface area contributed by atoms with Gasteiger partial charge in [0.05, 0.1) is 23.3 Å². The van der Waals surface area contributed by atoms with Crippen molar-refractivity contribution in [2.75, 3.05) is 0 Å². The molecular weight excluding hydrogens is 452 g/mol. The van der Waals surface area contributed by atoms with Gasteiger partial charge in [-0.25, -0.2) is 0 Å². The SMILES string of the molecule is CCC1(c2ccc(C#N)cc2)C(c2ccccc2)=C(c2ccccc2)C(c2ccc(C#N)cc2)=[Si]1C. The van der Waals surface area contributed by atoms with Crippen LogP contribution in [0.2, 0.25) is 6.55 Å². The Morgan fingerprint density at radius 3 is 1.64 bits per heavy atom. The highest BCUT2D eigenvalue weighted by molar-refractivity contribution is 6.87. The molecule has 0 bridgehead atoms. The second kappa shape index (κ2) is 9.74. The maximum atomic E-state index is 9.44. The fourth-order valence-electron chi connectivity index (χ4n) is 5.72. The van der Waals surface area contributed by atoms with Gasteiger partial charge in [-0.1, -0.05) is 98.4 Å². The fourth-order valence-corrected chi connectivity index (χ4v) is 9.17. The first kappa shape index (κ1) is 23.4. The average Bonchev–Trinajstić information content (AvgIpc) is 3.23. The summed E-state index contributed by atoms with van der Waals surface area (Å²) >= 11 is 0.